The lowest BCUT2D eigenvalue weighted by Gasteiger charge is -2.24. The number of benzene rings is 5. The highest BCUT2D eigenvalue weighted by Gasteiger charge is 2.30. The average Bonchev–Trinajstić information content (AvgIpc) is 4.28. The summed E-state index contributed by atoms with van der Waals surface area (Å²) in [5.74, 6) is 4.16. The molecule has 2 fully saturated rings. The van der Waals surface area contributed by atoms with Crippen molar-refractivity contribution in [2.24, 2.45) is 0 Å². The molecule has 0 saturated carbocycles. The third-order valence-corrected chi connectivity index (χ3v) is 13.0. The maximum Gasteiger partial charge on any atom is 0.410 e. The summed E-state index contributed by atoms with van der Waals surface area (Å²) in [6.45, 7) is 7.28. The van der Waals surface area contributed by atoms with E-state index in [9.17, 15) is 4.79 Å². The predicted octanol–water partition coefficient (Wildman–Crippen LogP) is 10.3. The van der Waals surface area contributed by atoms with Gasteiger partial charge < -0.3 is 35.1 Å². The summed E-state index contributed by atoms with van der Waals surface area (Å²) in [7, 11) is 0. The van der Waals surface area contributed by atoms with E-state index in [1.165, 1.54) is 18.4 Å². The molecule has 16 nitrogen and oxygen atoms in total. The molecule has 16 heteroatoms. The summed E-state index contributed by atoms with van der Waals surface area (Å²) >= 11 is 0. The number of aromatic nitrogens is 8. The fourth-order valence-electron chi connectivity index (χ4n) is 9.01. The van der Waals surface area contributed by atoms with Crippen molar-refractivity contribution < 1.29 is 19.0 Å². The molecule has 2 aliphatic heterocycles. The first-order valence-corrected chi connectivity index (χ1v) is 24.6. The maximum absolute atomic E-state index is 12.7. The Bertz CT molecular complexity index is 3180. The van der Waals surface area contributed by atoms with E-state index in [2.05, 4.69) is 74.0 Å². The first-order valence-electron chi connectivity index (χ1n) is 24.6. The van der Waals surface area contributed by atoms with E-state index in [1.54, 1.807) is 29.9 Å². The second-order valence-corrected chi connectivity index (χ2v) is 18.0. The fraction of sp³-hybridized carbons (Fsp3) is 0.268. The maximum atomic E-state index is 12.7. The van der Waals surface area contributed by atoms with Gasteiger partial charge in [0.05, 0.1) is 40.2 Å². The number of fused-ring (bicyclic) bond motifs is 2. The van der Waals surface area contributed by atoms with E-state index in [4.69, 9.17) is 24.2 Å². The van der Waals surface area contributed by atoms with Gasteiger partial charge in [-0.15, -0.1) is 0 Å². The molecule has 2 saturated heterocycles. The van der Waals surface area contributed by atoms with Crippen molar-refractivity contribution in [3.05, 3.63) is 181 Å². The van der Waals surface area contributed by atoms with E-state index in [-0.39, 0.29) is 30.8 Å². The number of nitrogens with one attached hydrogen (secondary N) is 3. The lowest BCUT2D eigenvalue weighted by atomic mass is 10.1. The Hall–Kier alpha value is -8.37. The molecule has 0 spiro atoms. The van der Waals surface area contributed by atoms with Crippen LogP contribution in [-0.2, 0) is 11.3 Å². The van der Waals surface area contributed by atoms with Crippen LogP contribution >= 0.6 is 0 Å². The van der Waals surface area contributed by atoms with Crippen LogP contribution in [0.1, 0.15) is 68.3 Å². The zero-order valence-electron chi connectivity index (χ0n) is 40.4. The van der Waals surface area contributed by atoms with Crippen molar-refractivity contribution in [1.29, 1.82) is 0 Å². The van der Waals surface area contributed by atoms with Crippen molar-refractivity contribution in [3.8, 4) is 23.1 Å². The highest BCUT2D eigenvalue weighted by molar-refractivity contribution is 5.79. The van der Waals surface area contributed by atoms with Gasteiger partial charge in [-0.2, -0.15) is 9.97 Å². The van der Waals surface area contributed by atoms with E-state index in [0.29, 0.717) is 43.4 Å². The van der Waals surface area contributed by atoms with E-state index in [1.807, 2.05) is 124 Å². The first-order chi connectivity index (χ1) is 35.4. The van der Waals surface area contributed by atoms with Gasteiger partial charge in [-0.25, -0.2) is 24.7 Å². The Morgan fingerprint density at radius 3 is 1.72 bits per heavy atom. The molecule has 0 radical (unpaired) electrons. The number of imidazole rings is 2. The van der Waals surface area contributed by atoms with E-state index in [0.717, 1.165) is 70.0 Å². The van der Waals surface area contributed by atoms with Crippen LogP contribution in [0.3, 0.4) is 0 Å². The quantitative estimate of drug-likeness (QED) is 0.0837. The zero-order chi connectivity index (χ0) is 49.1. The lowest BCUT2D eigenvalue weighted by Crippen LogP contribution is -2.39. The van der Waals surface area contributed by atoms with Crippen molar-refractivity contribution in [3.63, 3.8) is 0 Å². The van der Waals surface area contributed by atoms with Crippen molar-refractivity contribution in [2.45, 2.75) is 70.3 Å². The normalized spacial score (nSPS) is 16.2. The Labute approximate surface area is 418 Å². The lowest BCUT2D eigenvalue weighted by molar-refractivity contribution is 0.0824. The molecule has 2 unspecified atom stereocenters. The number of rotatable bonds is 16. The number of likely N-dealkylation sites (tertiary alicyclic amines) is 1. The topological polar surface area (TPSA) is 171 Å². The Morgan fingerprint density at radius 1 is 0.639 bits per heavy atom. The fourth-order valence-corrected chi connectivity index (χ4v) is 9.01. The third-order valence-electron chi connectivity index (χ3n) is 13.0. The molecule has 5 aromatic carbocycles. The molecule has 2 aliphatic rings. The van der Waals surface area contributed by atoms with Crippen molar-refractivity contribution >= 4 is 40.1 Å². The van der Waals surface area contributed by atoms with Crippen LogP contribution < -0.4 is 25.4 Å². The molecule has 3 N–H and O–H groups in total. The van der Waals surface area contributed by atoms with Gasteiger partial charge in [-0.05, 0) is 99.2 Å². The molecular formula is C56H58N12O4. The van der Waals surface area contributed by atoms with Gasteiger partial charge in [-0.1, -0.05) is 91.0 Å². The summed E-state index contributed by atoms with van der Waals surface area (Å²) in [5.41, 5.74) is 6.87. The Kier molecular flexibility index (Phi) is 14.8. The van der Waals surface area contributed by atoms with Gasteiger partial charge >= 0.3 is 6.09 Å². The van der Waals surface area contributed by atoms with Crippen LogP contribution in [0, 0.1) is 0 Å². The second-order valence-electron chi connectivity index (χ2n) is 18.0. The smallest absolute Gasteiger partial charge is 0.410 e. The number of hydrogen-bond acceptors (Lipinski definition) is 13. The second kappa shape index (κ2) is 22.6. The average molecular weight is 963 g/mol. The number of nitrogens with zero attached hydrogens (tertiary/aromatic N) is 9. The number of carbonyl (C=O) groups is 1. The number of amides is 1. The Morgan fingerprint density at radius 2 is 1.18 bits per heavy atom. The highest BCUT2D eigenvalue weighted by Crippen LogP contribution is 2.27. The molecule has 72 heavy (non-hydrogen) atoms. The van der Waals surface area contributed by atoms with Crippen molar-refractivity contribution in [2.75, 3.05) is 36.9 Å². The summed E-state index contributed by atoms with van der Waals surface area (Å²) in [5, 5.41) is 10.2. The number of hydrogen-bond donors (Lipinski definition) is 3. The molecule has 4 aromatic heterocycles. The van der Waals surface area contributed by atoms with Gasteiger partial charge in [0.2, 0.25) is 11.9 Å². The minimum Gasteiger partial charge on any atom is -0.492 e. The summed E-state index contributed by atoms with van der Waals surface area (Å²) in [6, 6.07) is 46.3. The molecule has 11 rings (SSSR count). The number of ether oxygens (including phenoxy) is 3. The van der Waals surface area contributed by atoms with Crippen LogP contribution in [0.2, 0.25) is 0 Å². The molecule has 366 valence electrons. The summed E-state index contributed by atoms with van der Waals surface area (Å²) in [4.78, 5) is 41.9. The zero-order valence-corrected chi connectivity index (χ0v) is 40.4. The van der Waals surface area contributed by atoms with Gasteiger partial charge in [-0.3, -0.25) is 9.13 Å². The predicted molar refractivity (Wildman–Crippen MR) is 279 cm³/mol. The van der Waals surface area contributed by atoms with Crippen LogP contribution in [-0.4, -0.2) is 88.4 Å². The van der Waals surface area contributed by atoms with E-state index < -0.39 is 0 Å². The molecular weight excluding hydrogens is 905 g/mol. The van der Waals surface area contributed by atoms with Crippen LogP contribution in [0.5, 0.6) is 11.5 Å². The monoisotopic (exact) mass is 962 g/mol. The van der Waals surface area contributed by atoms with Crippen molar-refractivity contribution in [1.82, 2.24) is 49.3 Å². The number of anilines is 2. The third kappa shape index (κ3) is 11.6. The largest absolute Gasteiger partial charge is 0.492 e. The minimum atomic E-state index is -0.300. The van der Waals surface area contributed by atoms with Crippen LogP contribution in [0.4, 0.5) is 16.7 Å². The summed E-state index contributed by atoms with van der Waals surface area (Å²) < 4.78 is 21.6. The molecule has 9 aromatic rings. The molecule has 0 bridgehead atoms. The number of carbonyl (C=O) groups excluding carboxylic acids is 1. The molecule has 6 heterocycles. The standard InChI is InChI=1S/C32H32N6O3.C24H26N6O/c1-23(25-11-6-3-7-12-25)35-31-33-17-16-30(36-31)38-22-34-28-19-27(14-15-29(28)38)40-21-26-13-8-18-37(26)32(39)41-20-24-9-4-2-5-10-24;1-17(18-6-3-2-4-7-18)28-24-26-13-11-23(29-24)30-16-27-21-14-20(9-10-22(21)30)31-15-19-8-5-12-25-19/h2-7,9-12,14-17,19,22-23,26H,8,13,18,20-21H2,1H3,(H,33,35,36);2-4,6-7,9-11,13-14,16-17,19,25H,5,8,12,15H2,1H3,(H,26,28,29)/t23-,26?;17-,19?/m00/s1. The molecule has 0 aliphatic carbocycles. The van der Waals surface area contributed by atoms with Gasteiger partial charge in [0.25, 0.3) is 0 Å². The van der Waals surface area contributed by atoms with Gasteiger partial charge in [0.15, 0.2) is 0 Å². The van der Waals surface area contributed by atoms with Gasteiger partial charge in [0.1, 0.15) is 55.6 Å². The van der Waals surface area contributed by atoms with Gasteiger partial charge in [0, 0.05) is 37.1 Å². The molecule has 4 atom stereocenters. The first kappa shape index (κ1) is 47.3. The SMILES string of the molecule is C[C@H](Nc1nccc(-n2cnc3cc(OCC4CCCN4)ccc32)n1)c1ccccc1.C[C@H](Nc1nccc(-n2cnc3cc(OCC4CCCN4C(=O)OCc4ccccc4)ccc32)n1)c1ccccc1. The Balaban J connectivity index is 0.000000172. The van der Waals surface area contributed by atoms with E-state index >= 15 is 0 Å². The van der Waals surface area contributed by atoms with Crippen LogP contribution in [0.25, 0.3) is 33.7 Å². The summed E-state index contributed by atoms with van der Waals surface area (Å²) in [6.07, 6.45) is 10.9. The highest BCUT2D eigenvalue weighted by atomic mass is 16.6. The minimum absolute atomic E-state index is 0.0308. The molecule has 1 amide bonds. The van der Waals surface area contributed by atoms with Crippen LogP contribution in [0.15, 0.2) is 165 Å².